The molecule has 104 valence electrons. The minimum atomic E-state index is 0.200. The summed E-state index contributed by atoms with van der Waals surface area (Å²) in [5.74, 6) is 0.200. The van der Waals surface area contributed by atoms with Crippen LogP contribution in [0.2, 0.25) is 0 Å². The first kappa shape index (κ1) is 14.1. The van der Waals surface area contributed by atoms with Gasteiger partial charge in [0.15, 0.2) is 0 Å². The van der Waals surface area contributed by atoms with Crippen LogP contribution >= 0.6 is 0 Å². The Morgan fingerprint density at radius 3 is 2.37 bits per heavy atom. The zero-order valence-electron chi connectivity index (χ0n) is 12.2. The standard InChI is InChI=1S/C16H24N2O/c1-4-17-14-8-10-18(11-9-14)16(19)15-12(2)6-5-7-13(15)3/h5-7,14,17H,4,8-11H2,1-3H3. The van der Waals surface area contributed by atoms with Gasteiger partial charge in [-0.1, -0.05) is 25.1 Å². The third-order valence-electron chi connectivity index (χ3n) is 3.97. The van der Waals surface area contributed by atoms with Crippen LogP contribution in [0.3, 0.4) is 0 Å². The Morgan fingerprint density at radius 1 is 1.26 bits per heavy atom. The summed E-state index contributed by atoms with van der Waals surface area (Å²) in [4.78, 5) is 14.6. The van der Waals surface area contributed by atoms with Gasteiger partial charge in [-0.15, -0.1) is 0 Å². The van der Waals surface area contributed by atoms with Crippen LogP contribution in [0.5, 0.6) is 0 Å². The maximum Gasteiger partial charge on any atom is 0.254 e. The molecule has 1 amide bonds. The molecule has 1 aliphatic heterocycles. The second kappa shape index (κ2) is 6.20. The molecule has 2 rings (SSSR count). The molecule has 0 bridgehead atoms. The summed E-state index contributed by atoms with van der Waals surface area (Å²) >= 11 is 0. The molecule has 0 aromatic heterocycles. The first-order valence-corrected chi connectivity index (χ1v) is 7.22. The Labute approximate surface area is 116 Å². The van der Waals surface area contributed by atoms with E-state index >= 15 is 0 Å². The van der Waals surface area contributed by atoms with Gasteiger partial charge in [0.25, 0.3) is 5.91 Å². The molecule has 1 aromatic carbocycles. The quantitative estimate of drug-likeness (QED) is 0.905. The highest BCUT2D eigenvalue weighted by Crippen LogP contribution is 2.19. The van der Waals surface area contributed by atoms with Crippen molar-refractivity contribution in [3.63, 3.8) is 0 Å². The first-order valence-electron chi connectivity index (χ1n) is 7.22. The molecular weight excluding hydrogens is 236 g/mol. The number of amides is 1. The van der Waals surface area contributed by atoms with Gasteiger partial charge in [-0.3, -0.25) is 4.79 Å². The molecule has 0 spiro atoms. The van der Waals surface area contributed by atoms with E-state index in [1.54, 1.807) is 0 Å². The van der Waals surface area contributed by atoms with Gasteiger partial charge in [0.1, 0.15) is 0 Å². The highest BCUT2D eigenvalue weighted by Gasteiger charge is 2.24. The Kier molecular flexibility index (Phi) is 4.59. The van der Waals surface area contributed by atoms with Crippen LogP contribution in [0.15, 0.2) is 18.2 Å². The van der Waals surface area contributed by atoms with Crippen LogP contribution in [-0.2, 0) is 0 Å². The summed E-state index contributed by atoms with van der Waals surface area (Å²) in [6.07, 6.45) is 2.12. The first-order chi connectivity index (χ1) is 9.13. The van der Waals surface area contributed by atoms with Crippen molar-refractivity contribution in [1.29, 1.82) is 0 Å². The summed E-state index contributed by atoms with van der Waals surface area (Å²) in [6, 6.07) is 6.63. The fourth-order valence-electron chi connectivity index (χ4n) is 2.89. The van der Waals surface area contributed by atoms with Gasteiger partial charge in [0.2, 0.25) is 0 Å². The maximum atomic E-state index is 12.6. The monoisotopic (exact) mass is 260 g/mol. The number of aryl methyl sites for hydroxylation is 2. The number of carbonyl (C=O) groups is 1. The largest absolute Gasteiger partial charge is 0.339 e. The number of hydrogen-bond acceptors (Lipinski definition) is 2. The maximum absolute atomic E-state index is 12.6. The van der Waals surface area contributed by atoms with Crippen molar-refractivity contribution in [3.8, 4) is 0 Å². The van der Waals surface area contributed by atoms with Crippen LogP contribution < -0.4 is 5.32 Å². The number of likely N-dealkylation sites (tertiary alicyclic amines) is 1. The minimum absolute atomic E-state index is 0.200. The highest BCUT2D eigenvalue weighted by molar-refractivity contribution is 5.97. The SMILES string of the molecule is CCNC1CCN(C(=O)c2c(C)cccc2C)CC1. The van der Waals surface area contributed by atoms with E-state index in [-0.39, 0.29) is 5.91 Å². The molecule has 0 aliphatic carbocycles. The molecule has 3 nitrogen and oxygen atoms in total. The van der Waals surface area contributed by atoms with Crippen molar-refractivity contribution in [1.82, 2.24) is 10.2 Å². The Balaban J connectivity index is 2.05. The topological polar surface area (TPSA) is 32.3 Å². The summed E-state index contributed by atoms with van der Waals surface area (Å²) in [5, 5.41) is 3.47. The van der Waals surface area contributed by atoms with Gasteiger partial charge >= 0.3 is 0 Å². The number of benzene rings is 1. The average molecular weight is 260 g/mol. The fourth-order valence-corrected chi connectivity index (χ4v) is 2.89. The smallest absolute Gasteiger partial charge is 0.254 e. The predicted molar refractivity (Wildman–Crippen MR) is 78.5 cm³/mol. The van der Waals surface area contributed by atoms with Gasteiger partial charge in [0.05, 0.1) is 0 Å². The molecule has 3 heteroatoms. The fraction of sp³-hybridized carbons (Fsp3) is 0.562. The number of hydrogen-bond donors (Lipinski definition) is 1. The Hall–Kier alpha value is -1.35. The zero-order valence-corrected chi connectivity index (χ0v) is 12.2. The third-order valence-corrected chi connectivity index (χ3v) is 3.97. The van der Waals surface area contributed by atoms with E-state index in [0.717, 1.165) is 49.2 Å². The van der Waals surface area contributed by atoms with Gasteiger partial charge < -0.3 is 10.2 Å². The van der Waals surface area contributed by atoms with Crippen molar-refractivity contribution in [3.05, 3.63) is 34.9 Å². The molecule has 0 saturated carbocycles. The molecule has 0 unspecified atom stereocenters. The van der Waals surface area contributed by atoms with E-state index in [0.29, 0.717) is 6.04 Å². The van der Waals surface area contributed by atoms with E-state index < -0.39 is 0 Å². The average Bonchev–Trinajstić information content (AvgIpc) is 2.39. The van der Waals surface area contributed by atoms with Gasteiger partial charge in [0, 0.05) is 24.7 Å². The molecule has 0 radical (unpaired) electrons. The lowest BCUT2D eigenvalue weighted by molar-refractivity contribution is 0.0704. The van der Waals surface area contributed by atoms with Crippen LogP contribution in [0, 0.1) is 13.8 Å². The van der Waals surface area contributed by atoms with Crippen molar-refractivity contribution in [2.45, 2.75) is 39.7 Å². The van der Waals surface area contributed by atoms with E-state index in [9.17, 15) is 4.79 Å². The third kappa shape index (κ3) is 3.16. The Bertz CT molecular complexity index is 428. The molecule has 19 heavy (non-hydrogen) atoms. The summed E-state index contributed by atoms with van der Waals surface area (Å²) in [5.41, 5.74) is 3.06. The molecule has 1 aliphatic rings. The molecular formula is C16H24N2O. The highest BCUT2D eigenvalue weighted by atomic mass is 16.2. The van der Waals surface area contributed by atoms with E-state index in [2.05, 4.69) is 12.2 Å². The molecule has 1 heterocycles. The minimum Gasteiger partial charge on any atom is -0.339 e. The van der Waals surface area contributed by atoms with Crippen molar-refractivity contribution in [2.75, 3.05) is 19.6 Å². The van der Waals surface area contributed by atoms with Crippen LogP contribution in [0.4, 0.5) is 0 Å². The molecule has 1 aromatic rings. The number of nitrogens with one attached hydrogen (secondary N) is 1. The molecule has 1 N–H and O–H groups in total. The number of rotatable bonds is 3. The lowest BCUT2D eigenvalue weighted by Gasteiger charge is -2.33. The summed E-state index contributed by atoms with van der Waals surface area (Å²) in [7, 11) is 0. The summed E-state index contributed by atoms with van der Waals surface area (Å²) in [6.45, 7) is 8.91. The van der Waals surface area contributed by atoms with E-state index in [4.69, 9.17) is 0 Å². The van der Waals surface area contributed by atoms with Crippen LogP contribution in [-0.4, -0.2) is 36.5 Å². The van der Waals surface area contributed by atoms with Crippen LogP contribution in [0.25, 0.3) is 0 Å². The molecule has 1 saturated heterocycles. The predicted octanol–water partition coefficient (Wildman–Crippen LogP) is 2.52. The molecule has 1 fully saturated rings. The van der Waals surface area contributed by atoms with Gasteiger partial charge in [-0.05, 0) is 44.4 Å². The van der Waals surface area contributed by atoms with Crippen molar-refractivity contribution >= 4 is 5.91 Å². The lowest BCUT2D eigenvalue weighted by atomic mass is 9.99. The normalized spacial score (nSPS) is 16.7. The van der Waals surface area contributed by atoms with Gasteiger partial charge in [-0.25, -0.2) is 0 Å². The Morgan fingerprint density at radius 2 is 1.84 bits per heavy atom. The second-order valence-corrected chi connectivity index (χ2v) is 5.39. The number of nitrogens with zero attached hydrogens (tertiary/aromatic N) is 1. The van der Waals surface area contributed by atoms with Crippen molar-refractivity contribution < 1.29 is 4.79 Å². The number of carbonyl (C=O) groups excluding carboxylic acids is 1. The molecule has 0 atom stereocenters. The summed E-state index contributed by atoms with van der Waals surface area (Å²) < 4.78 is 0. The van der Waals surface area contributed by atoms with E-state index in [1.807, 2.05) is 36.9 Å². The van der Waals surface area contributed by atoms with Crippen LogP contribution in [0.1, 0.15) is 41.3 Å². The van der Waals surface area contributed by atoms with E-state index in [1.165, 1.54) is 0 Å². The zero-order chi connectivity index (χ0) is 13.8. The second-order valence-electron chi connectivity index (χ2n) is 5.39. The lowest BCUT2D eigenvalue weighted by Crippen LogP contribution is -2.45. The van der Waals surface area contributed by atoms with Crippen molar-refractivity contribution in [2.24, 2.45) is 0 Å². The van der Waals surface area contributed by atoms with Gasteiger partial charge in [-0.2, -0.15) is 0 Å². The number of piperidine rings is 1.